The molecule has 7 heteroatoms. The highest BCUT2D eigenvalue weighted by Crippen LogP contribution is 2.32. The zero-order valence-electron chi connectivity index (χ0n) is 17.1. The van der Waals surface area contributed by atoms with Gasteiger partial charge in [-0.3, -0.25) is 4.99 Å². The van der Waals surface area contributed by atoms with Crippen LogP contribution in [0.1, 0.15) is 25.7 Å². The minimum absolute atomic E-state index is 0. The molecular formula is C21H34IN5O. The van der Waals surface area contributed by atoms with Crippen molar-refractivity contribution in [1.29, 1.82) is 0 Å². The van der Waals surface area contributed by atoms with E-state index in [1.807, 2.05) is 19.2 Å². The van der Waals surface area contributed by atoms with Crippen LogP contribution in [0.4, 0.5) is 5.69 Å². The molecule has 0 amide bonds. The number of aliphatic imine (C=N–C) groups is 1. The van der Waals surface area contributed by atoms with E-state index in [9.17, 15) is 0 Å². The molecule has 4 rings (SSSR count). The van der Waals surface area contributed by atoms with E-state index < -0.39 is 0 Å². The molecule has 2 N–H and O–H groups in total. The predicted octanol–water partition coefficient (Wildman–Crippen LogP) is 2.54. The summed E-state index contributed by atoms with van der Waals surface area (Å²) >= 11 is 0. The Morgan fingerprint density at radius 3 is 2.71 bits per heavy atom. The summed E-state index contributed by atoms with van der Waals surface area (Å²) in [6, 6.07) is 9.57. The lowest BCUT2D eigenvalue weighted by molar-refractivity contribution is 0.314. The van der Waals surface area contributed by atoms with Crippen molar-refractivity contribution in [3.63, 3.8) is 0 Å². The van der Waals surface area contributed by atoms with Crippen LogP contribution in [0, 0.1) is 5.92 Å². The fourth-order valence-corrected chi connectivity index (χ4v) is 4.42. The van der Waals surface area contributed by atoms with Crippen LogP contribution >= 0.6 is 24.0 Å². The second kappa shape index (κ2) is 10.0. The molecule has 0 spiro atoms. The fraction of sp³-hybridized carbons (Fsp3) is 0.667. The third kappa shape index (κ3) is 5.23. The second-order valence-corrected chi connectivity index (χ2v) is 8.08. The van der Waals surface area contributed by atoms with Gasteiger partial charge in [0.25, 0.3) is 0 Å². The van der Waals surface area contributed by atoms with Crippen molar-refractivity contribution in [2.24, 2.45) is 10.9 Å². The topological polar surface area (TPSA) is 52.1 Å². The molecule has 1 aromatic carbocycles. The highest BCUT2D eigenvalue weighted by Gasteiger charge is 2.34. The summed E-state index contributed by atoms with van der Waals surface area (Å²) in [6.45, 7) is 5.55. The van der Waals surface area contributed by atoms with Crippen LogP contribution in [0.2, 0.25) is 0 Å². The number of para-hydroxylation sites is 2. The van der Waals surface area contributed by atoms with Crippen LogP contribution in [0.25, 0.3) is 0 Å². The molecule has 6 nitrogen and oxygen atoms in total. The van der Waals surface area contributed by atoms with E-state index in [2.05, 4.69) is 37.6 Å². The number of benzene rings is 1. The monoisotopic (exact) mass is 499 g/mol. The van der Waals surface area contributed by atoms with E-state index in [1.54, 1.807) is 7.11 Å². The molecule has 2 aliphatic heterocycles. The Hall–Kier alpha value is -1.22. The Balaban J connectivity index is 0.00000225. The summed E-state index contributed by atoms with van der Waals surface area (Å²) < 4.78 is 5.52. The van der Waals surface area contributed by atoms with E-state index in [1.165, 1.54) is 38.0 Å². The standard InChI is InChI=1S/C21H33N5O.HI/c1-22-21(23-13-16-9-11-25(14-16)18-7-8-18)24-17-10-12-26(15-17)19-5-3-4-6-20(19)27-2;/h3-6,16-18H,7-15H2,1-2H3,(H2,22,23,24);1H. The van der Waals surface area contributed by atoms with E-state index in [4.69, 9.17) is 4.74 Å². The normalized spacial score (nSPS) is 25.5. The van der Waals surface area contributed by atoms with Gasteiger partial charge in [0.05, 0.1) is 12.8 Å². The van der Waals surface area contributed by atoms with Crippen molar-refractivity contribution in [3.05, 3.63) is 24.3 Å². The van der Waals surface area contributed by atoms with Gasteiger partial charge in [-0.2, -0.15) is 0 Å². The van der Waals surface area contributed by atoms with Crippen LogP contribution in [-0.4, -0.2) is 69.8 Å². The first kappa shape index (κ1) is 21.5. The fourth-order valence-electron chi connectivity index (χ4n) is 4.42. The van der Waals surface area contributed by atoms with Gasteiger partial charge >= 0.3 is 0 Å². The lowest BCUT2D eigenvalue weighted by Crippen LogP contribution is -2.46. The molecule has 2 unspecified atom stereocenters. The summed E-state index contributed by atoms with van der Waals surface area (Å²) in [5, 5.41) is 7.18. The number of anilines is 1. The zero-order chi connectivity index (χ0) is 18.6. The summed E-state index contributed by atoms with van der Waals surface area (Å²) in [4.78, 5) is 9.52. The van der Waals surface area contributed by atoms with Crippen molar-refractivity contribution in [2.75, 3.05) is 51.8 Å². The molecule has 3 aliphatic rings. The first-order valence-corrected chi connectivity index (χ1v) is 10.4. The zero-order valence-corrected chi connectivity index (χ0v) is 19.4. The number of ether oxygens (including phenoxy) is 1. The number of nitrogens with zero attached hydrogens (tertiary/aromatic N) is 3. The molecule has 2 atom stereocenters. The van der Waals surface area contributed by atoms with Crippen molar-refractivity contribution >= 4 is 35.6 Å². The van der Waals surface area contributed by atoms with Crippen LogP contribution in [-0.2, 0) is 0 Å². The van der Waals surface area contributed by atoms with Crippen molar-refractivity contribution in [2.45, 2.75) is 37.8 Å². The number of hydrogen-bond acceptors (Lipinski definition) is 4. The number of guanidine groups is 1. The Bertz CT molecular complexity index is 666. The van der Waals surface area contributed by atoms with Gasteiger partial charge in [-0.15, -0.1) is 24.0 Å². The summed E-state index contributed by atoms with van der Waals surface area (Å²) in [6.07, 6.45) is 5.24. The number of methoxy groups -OCH3 is 1. The largest absolute Gasteiger partial charge is 0.495 e. The SMILES string of the molecule is CN=C(NCC1CCN(C2CC2)C1)NC1CCN(c2ccccc2OC)C1.I. The van der Waals surface area contributed by atoms with Gasteiger partial charge in [0.2, 0.25) is 0 Å². The van der Waals surface area contributed by atoms with Crippen molar-refractivity contribution < 1.29 is 4.74 Å². The Labute approximate surface area is 186 Å². The van der Waals surface area contributed by atoms with Crippen molar-refractivity contribution in [1.82, 2.24) is 15.5 Å². The molecule has 28 heavy (non-hydrogen) atoms. The molecule has 3 fully saturated rings. The molecule has 1 aromatic rings. The average Bonchev–Trinajstić information content (AvgIpc) is 3.27. The molecular weight excluding hydrogens is 465 g/mol. The maximum absolute atomic E-state index is 5.52. The van der Waals surface area contributed by atoms with E-state index in [0.717, 1.165) is 49.7 Å². The minimum atomic E-state index is 0. The average molecular weight is 499 g/mol. The summed E-state index contributed by atoms with van der Waals surface area (Å²) in [5.74, 6) is 2.63. The molecule has 0 aromatic heterocycles. The van der Waals surface area contributed by atoms with Gasteiger partial charge in [-0.1, -0.05) is 12.1 Å². The number of likely N-dealkylation sites (tertiary alicyclic amines) is 1. The lowest BCUT2D eigenvalue weighted by Gasteiger charge is -2.22. The van der Waals surface area contributed by atoms with E-state index >= 15 is 0 Å². The maximum atomic E-state index is 5.52. The Morgan fingerprint density at radius 1 is 1.14 bits per heavy atom. The van der Waals surface area contributed by atoms with Gasteiger partial charge in [0.15, 0.2) is 5.96 Å². The molecule has 0 bridgehead atoms. The summed E-state index contributed by atoms with van der Waals surface area (Å²) in [7, 11) is 3.61. The first-order chi connectivity index (χ1) is 13.3. The molecule has 2 saturated heterocycles. The minimum Gasteiger partial charge on any atom is -0.495 e. The van der Waals surface area contributed by atoms with Crippen LogP contribution < -0.4 is 20.3 Å². The van der Waals surface area contributed by atoms with Crippen LogP contribution in [0.3, 0.4) is 0 Å². The van der Waals surface area contributed by atoms with Gasteiger partial charge in [-0.05, 0) is 50.3 Å². The van der Waals surface area contributed by atoms with Crippen LogP contribution in [0.5, 0.6) is 5.75 Å². The molecule has 156 valence electrons. The van der Waals surface area contributed by atoms with Gasteiger partial charge in [0, 0.05) is 45.3 Å². The Kier molecular flexibility index (Phi) is 7.68. The Morgan fingerprint density at radius 2 is 1.96 bits per heavy atom. The van der Waals surface area contributed by atoms with Gasteiger partial charge < -0.3 is 25.2 Å². The third-order valence-corrected chi connectivity index (χ3v) is 6.12. The highest BCUT2D eigenvalue weighted by molar-refractivity contribution is 14.0. The third-order valence-electron chi connectivity index (χ3n) is 6.12. The first-order valence-electron chi connectivity index (χ1n) is 10.4. The quantitative estimate of drug-likeness (QED) is 0.358. The predicted molar refractivity (Wildman–Crippen MR) is 126 cm³/mol. The van der Waals surface area contributed by atoms with E-state index in [0.29, 0.717) is 6.04 Å². The smallest absolute Gasteiger partial charge is 0.191 e. The number of hydrogen-bond donors (Lipinski definition) is 2. The summed E-state index contributed by atoms with van der Waals surface area (Å²) in [5.41, 5.74) is 1.18. The van der Waals surface area contributed by atoms with Crippen molar-refractivity contribution in [3.8, 4) is 5.75 Å². The lowest BCUT2D eigenvalue weighted by atomic mass is 10.1. The molecule has 0 radical (unpaired) electrons. The number of rotatable bonds is 6. The molecule has 2 heterocycles. The van der Waals surface area contributed by atoms with Gasteiger partial charge in [-0.25, -0.2) is 0 Å². The molecule has 1 aliphatic carbocycles. The number of halogens is 1. The van der Waals surface area contributed by atoms with E-state index in [-0.39, 0.29) is 24.0 Å². The molecule has 1 saturated carbocycles. The maximum Gasteiger partial charge on any atom is 0.191 e. The number of nitrogens with one attached hydrogen (secondary N) is 2. The highest BCUT2D eigenvalue weighted by atomic mass is 127. The van der Waals surface area contributed by atoms with Gasteiger partial charge in [0.1, 0.15) is 5.75 Å². The second-order valence-electron chi connectivity index (χ2n) is 8.08. The van der Waals surface area contributed by atoms with Crippen LogP contribution in [0.15, 0.2) is 29.3 Å².